The standard InChI is InChI=1S/C15H17BrN4O2S/c1-22-7-6-20-14(21)10-23-15(20)13-9-19(18-17-13)8-11-4-2-3-5-12(11)16/h2-5,9,15H,6-8,10H2,1H3/t15-/m0/s1. The highest BCUT2D eigenvalue weighted by Gasteiger charge is 2.34. The van der Waals surface area contributed by atoms with E-state index in [9.17, 15) is 4.79 Å². The zero-order valence-corrected chi connectivity index (χ0v) is 15.1. The topological polar surface area (TPSA) is 60.2 Å². The molecular formula is C15H17BrN4O2S. The first kappa shape index (κ1) is 16.5. The third-order valence-corrected chi connectivity index (χ3v) is 5.60. The Bertz CT molecular complexity index is 694. The number of thioether (sulfide) groups is 1. The van der Waals surface area contributed by atoms with Crippen molar-refractivity contribution in [2.45, 2.75) is 11.9 Å². The molecule has 0 N–H and O–H groups in total. The molecule has 0 radical (unpaired) electrons. The second-order valence-corrected chi connectivity index (χ2v) is 7.10. The average Bonchev–Trinajstić information content (AvgIpc) is 3.14. The molecule has 0 spiro atoms. The van der Waals surface area contributed by atoms with Gasteiger partial charge in [-0.25, -0.2) is 4.68 Å². The van der Waals surface area contributed by atoms with Gasteiger partial charge in [0.15, 0.2) is 0 Å². The van der Waals surface area contributed by atoms with Crippen LogP contribution in [0.3, 0.4) is 0 Å². The highest BCUT2D eigenvalue weighted by Crippen LogP contribution is 2.37. The van der Waals surface area contributed by atoms with Gasteiger partial charge >= 0.3 is 0 Å². The largest absolute Gasteiger partial charge is 0.383 e. The predicted molar refractivity (Wildman–Crippen MR) is 92.1 cm³/mol. The number of ether oxygens (including phenoxy) is 1. The van der Waals surface area contributed by atoms with Crippen LogP contribution in [-0.2, 0) is 16.1 Å². The monoisotopic (exact) mass is 396 g/mol. The Morgan fingerprint density at radius 1 is 1.43 bits per heavy atom. The fourth-order valence-corrected chi connectivity index (χ4v) is 3.99. The quantitative estimate of drug-likeness (QED) is 0.749. The summed E-state index contributed by atoms with van der Waals surface area (Å²) in [4.78, 5) is 13.8. The number of methoxy groups -OCH3 is 1. The molecule has 1 saturated heterocycles. The summed E-state index contributed by atoms with van der Waals surface area (Å²) < 4.78 is 7.93. The van der Waals surface area contributed by atoms with Gasteiger partial charge in [0.2, 0.25) is 5.91 Å². The van der Waals surface area contributed by atoms with Crippen LogP contribution in [0.1, 0.15) is 16.6 Å². The van der Waals surface area contributed by atoms with Crippen LogP contribution in [0.15, 0.2) is 34.9 Å². The molecule has 0 saturated carbocycles. The molecule has 1 aromatic carbocycles. The second-order valence-electron chi connectivity index (χ2n) is 5.18. The van der Waals surface area contributed by atoms with E-state index >= 15 is 0 Å². The summed E-state index contributed by atoms with van der Waals surface area (Å²) in [7, 11) is 1.64. The zero-order chi connectivity index (χ0) is 16.2. The fraction of sp³-hybridized carbons (Fsp3) is 0.400. The first-order valence-corrected chi connectivity index (χ1v) is 9.06. The number of hydrogen-bond donors (Lipinski definition) is 0. The highest BCUT2D eigenvalue weighted by molar-refractivity contribution is 9.10. The van der Waals surface area contributed by atoms with Crippen LogP contribution in [0.4, 0.5) is 0 Å². The van der Waals surface area contributed by atoms with E-state index in [1.165, 1.54) is 0 Å². The number of nitrogens with zero attached hydrogens (tertiary/aromatic N) is 4. The molecule has 23 heavy (non-hydrogen) atoms. The number of benzene rings is 1. The van der Waals surface area contributed by atoms with Crippen molar-refractivity contribution in [2.75, 3.05) is 26.0 Å². The Kier molecular flexibility index (Phi) is 5.34. The number of halogens is 1. The molecule has 8 heteroatoms. The molecule has 1 amide bonds. The van der Waals surface area contributed by atoms with Gasteiger partial charge in [0, 0.05) is 18.1 Å². The summed E-state index contributed by atoms with van der Waals surface area (Å²) in [6.45, 7) is 1.73. The third-order valence-electron chi connectivity index (χ3n) is 3.60. The van der Waals surface area contributed by atoms with Crippen LogP contribution in [-0.4, -0.2) is 51.8 Å². The van der Waals surface area contributed by atoms with Crippen molar-refractivity contribution in [2.24, 2.45) is 0 Å². The Hall–Kier alpha value is -1.38. The normalized spacial score (nSPS) is 17.9. The molecule has 2 heterocycles. The van der Waals surface area contributed by atoms with Crippen LogP contribution in [0.2, 0.25) is 0 Å². The van der Waals surface area contributed by atoms with Gasteiger partial charge in [-0.15, -0.1) is 16.9 Å². The Morgan fingerprint density at radius 2 is 2.26 bits per heavy atom. The van der Waals surface area contributed by atoms with Gasteiger partial charge in [0.05, 0.1) is 25.1 Å². The van der Waals surface area contributed by atoms with Gasteiger partial charge < -0.3 is 9.64 Å². The molecule has 0 aliphatic carbocycles. The average molecular weight is 397 g/mol. The molecule has 1 aliphatic rings. The Balaban J connectivity index is 1.73. The molecule has 1 aromatic heterocycles. The summed E-state index contributed by atoms with van der Waals surface area (Å²) in [5, 5.41) is 8.38. The lowest BCUT2D eigenvalue weighted by Crippen LogP contribution is -2.31. The SMILES string of the molecule is COCCN1C(=O)CS[C@H]1c1cn(Cc2ccccc2Br)nn1. The minimum atomic E-state index is -0.0781. The van der Waals surface area contributed by atoms with E-state index in [4.69, 9.17) is 4.74 Å². The predicted octanol–water partition coefficient (Wildman–Crippen LogP) is 2.31. The molecule has 3 rings (SSSR count). The van der Waals surface area contributed by atoms with Crippen LogP contribution in [0, 0.1) is 0 Å². The van der Waals surface area contributed by atoms with Crippen LogP contribution in [0.25, 0.3) is 0 Å². The lowest BCUT2D eigenvalue weighted by molar-refractivity contribution is -0.128. The summed E-state index contributed by atoms with van der Waals surface area (Å²) in [5.74, 6) is 0.600. The van der Waals surface area contributed by atoms with E-state index in [-0.39, 0.29) is 11.3 Å². The fourth-order valence-electron chi connectivity index (χ4n) is 2.44. The number of rotatable bonds is 6. The van der Waals surface area contributed by atoms with E-state index in [1.807, 2.05) is 30.5 Å². The first-order chi connectivity index (χ1) is 11.2. The molecule has 1 fully saturated rings. The summed E-state index contributed by atoms with van der Waals surface area (Å²) in [5.41, 5.74) is 1.94. The maximum atomic E-state index is 12.0. The van der Waals surface area contributed by atoms with E-state index in [0.29, 0.717) is 25.4 Å². The van der Waals surface area contributed by atoms with Crippen molar-refractivity contribution in [1.29, 1.82) is 0 Å². The van der Waals surface area contributed by atoms with Crippen molar-refractivity contribution >= 4 is 33.6 Å². The van der Waals surface area contributed by atoms with Crippen molar-refractivity contribution in [3.63, 3.8) is 0 Å². The van der Waals surface area contributed by atoms with Gasteiger partial charge in [-0.2, -0.15) is 0 Å². The molecule has 0 unspecified atom stereocenters. The summed E-state index contributed by atoms with van der Waals surface area (Å²) >= 11 is 5.12. The van der Waals surface area contributed by atoms with Crippen LogP contribution in [0.5, 0.6) is 0 Å². The first-order valence-electron chi connectivity index (χ1n) is 7.22. The van der Waals surface area contributed by atoms with E-state index in [1.54, 1.807) is 28.5 Å². The third kappa shape index (κ3) is 3.76. The molecule has 0 bridgehead atoms. The lowest BCUT2D eigenvalue weighted by Gasteiger charge is -2.21. The molecule has 1 aliphatic heterocycles. The maximum Gasteiger partial charge on any atom is 0.233 e. The van der Waals surface area contributed by atoms with Gasteiger partial charge in [0.1, 0.15) is 11.1 Å². The van der Waals surface area contributed by atoms with E-state index in [2.05, 4.69) is 26.2 Å². The van der Waals surface area contributed by atoms with Crippen molar-refractivity contribution < 1.29 is 9.53 Å². The number of carbonyl (C=O) groups is 1. The minimum Gasteiger partial charge on any atom is -0.383 e. The molecule has 122 valence electrons. The Morgan fingerprint density at radius 3 is 3.04 bits per heavy atom. The van der Waals surface area contributed by atoms with Crippen molar-refractivity contribution in [3.05, 3.63) is 46.2 Å². The van der Waals surface area contributed by atoms with E-state index < -0.39 is 0 Å². The van der Waals surface area contributed by atoms with Gasteiger partial charge in [-0.1, -0.05) is 39.3 Å². The molecule has 6 nitrogen and oxygen atoms in total. The van der Waals surface area contributed by atoms with Crippen LogP contribution < -0.4 is 0 Å². The minimum absolute atomic E-state index is 0.0781. The van der Waals surface area contributed by atoms with Crippen molar-refractivity contribution in [1.82, 2.24) is 19.9 Å². The highest BCUT2D eigenvalue weighted by atomic mass is 79.9. The summed E-state index contributed by atoms with van der Waals surface area (Å²) in [6.07, 6.45) is 1.91. The van der Waals surface area contributed by atoms with Gasteiger partial charge in [0.25, 0.3) is 0 Å². The second kappa shape index (κ2) is 7.46. The molecule has 2 aromatic rings. The van der Waals surface area contributed by atoms with Gasteiger partial charge in [-0.3, -0.25) is 4.79 Å². The molecular weight excluding hydrogens is 380 g/mol. The number of amides is 1. The summed E-state index contributed by atoms with van der Waals surface area (Å²) in [6, 6.07) is 8.03. The number of carbonyl (C=O) groups excluding carboxylic acids is 1. The van der Waals surface area contributed by atoms with Crippen molar-refractivity contribution in [3.8, 4) is 0 Å². The molecule has 1 atom stereocenters. The zero-order valence-electron chi connectivity index (χ0n) is 12.7. The lowest BCUT2D eigenvalue weighted by atomic mass is 10.2. The van der Waals surface area contributed by atoms with Gasteiger partial charge in [-0.05, 0) is 11.6 Å². The number of aromatic nitrogens is 3. The number of hydrogen-bond acceptors (Lipinski definition) is 5. The smallest absolute Gasteiger partial charge is 0.233 e. The van der Waals surface area contributed by atoms with E-state index in [0.717, 1.165) is 15.7 Å². The maximum absolute atomic E-state index is 12.0. The Labute approximate surface area is 147 Å². The van der Waals surface area contributed by atoms with Crippen LogP contribution >= 0.6 is 27.7 Å².